The van der Waals surface area contributed by atoms with Gasteiger partial charge in [-0.25, -0.2) is 9.37 Å². The van der Waals surface area contributed by atoms with E-state index >= 15 is 0 Å². The second-order valence-electron chi connectivity index (χ2n) is 7.03. The van der Waals surface area contributed by atoms with Gasteiger partial charge in [-0.2, -0.15) is 5.10 Å². The van der Waals surface area contributed by atoms with Crippen LogP contribution in [0.5, 0.6) is 5.75 Å². The molecular weight excluding hydrogens is 375 g/mol. The molecule has 4 aromatic rings. The number of imidazole rings is 1. The molecule has 0 fully saturated rings. The van der Waals surface area contributed by atoms with Gasteiger partial charge < -0.3 is 15.0 Å². The number of pyridine rings is 1. The average Bonchev–Trinajstić information content (AvgIpc) is 3.41. The summed E-state index contributed by atoms with van der Waals surface area (Å²) in [6.07, 6.45) is 3.11. The van der Waals surface area contributed by atoms with Crippen LogP contribution in [-0.2, 0) is 24.3 Å². The van der Waals surface area contributed by atoms with E-state index in [0.717, 1.165) is 28.9 Å². The Bertz CT molecular complexity index is 1240. The molecule has 5 rings (SSSR count). The number of rotatable bonds is 4. The van der Waals surface area contributed by atoms with Crippen molar-refractivity contribution in [3.05, 3.63) is 47.2 Å². The van der Waals surface area contributed by atoms with Gasteiger partial charge in [0.2, 0.25) is 6.41 Å². The maximum atomic E-state index is 13.9. The van der Waals surface area contributed by atoms with E-state index in [1.165, 1.54) is 12.1 Å². The van der Waals surface area contributed by atoms with Gasteiger partial charge in [-0.15, -0.1) is 0 Å². The smallest absolute Gasteiger partial charge is 0.210 e. The number of benzene rings is 1. The Morgan fingerprint density at radius 1 is 1.31 bits per heavy atom. The van der Waals surface area contributed by atoms with Crippen LogP contribution in [0, 0.1) is 5.82 Å². The highest BCUT2D eigenvalue weighted by Crippen LogP contribution is 2.33. The number of aromatic nitrogens is 5. The minimum absolute atomic E-state index is 0.359. The van der Waals surface area contributed by atoms with Crippen molar-refractivity contribution in [2.24, 2.45) is 0 Å². The second kappa shape index (κ2) is 6.40. The van der Waals surface area contributed by atoms with Crippen LogP contribution in [0.4, 0.5) is 4.39 Å². The highest BCUT2D eigenvalue weighted by Gasteiger charge is 2.24. The monoisotopic (exact) mass is 392 g/mol. The number of aryl methyl sites for hydroxylation is 1. The van der Waals surface area contributed by atoms with E-state index in [0.29, 0.717) is 47.6 Å². The van der Waals surface area contributed by atoms with Gasteiger partial charge in [0.1, 0.15) is 5.52 Å². The molecule has 1 amide bonds. The predicted molar refractivity (Wildman–Crippen MR) is 103 cm³/mol. The van der Waals surface area contributed by atoms with E-state index in [9.17, 15) is 14.3 Å². The molecule has 0 unspecified atom stereocenters. The van der Waals surface area contributed by atoms with E-state index < -0.39 is 5.82 Å². The molecule has 29 heavy (non-hydrogen) atoms. The van der Waals surface area contributed by atoms with Crippen LogP contribution >= 0.6 is 0 Å². The minimum Gasteiger partial charge on any atom is -0.505 e. The van der Waals surface area contributed by atoms with Gasteiger partial charge in [-0.3, -0.25) is 14.9 Å². The molecule has 0 bridgehead atoms. The molecule has 0 saturated heterocycles. The third kappa shape index (κ3) is 2.74. The summed E-state index contributed by atoms with van der Waals surface area (Å²) in [7, 11) is 0. The lowest BCUT2D eigenvalue weighted by Gasteiger charge is -2.09. The number of aromatic amines is 2. The van der Waals surface area contributed by atoms with Crippen molar-refractivity contribution in [2.75, 3.05) is 0 Å². The van der Waals surface area contributed by atoms with Gasteiger partial charge >= 0.3 is 0 Å². The summed E-state index contributed by atoms with van der Waals surface area (Å²) in [6.45, 7) is 2.91. The molecule has 0 aliphatic carbocycles. The molecule has 1 aliphatic heterocycles. The lowest BCUT2D eigenvalue weighted by Crippen LogP contribution is -2.13. The first-order valence-electron chi connectivity index (χ1n) is 9.20. The number of carbonyl (C=O) groups is 1. The first-order valence-corrected chi connectivity index (χ1v) is 9.20. The van der Waals surface area contributed by atoms with E-state index in [4.69, 9.17) is 0 Å². The number of phenolic OH excluding ortho intramolecular Hbond substituents is 1. The lowest BCUT2D eigenvalue weighted by molar-refractivity contribution is -0.118. The van der Waals surface area contributed by atoms with Gasteiger partial charge in [0.25, 0.3) is 0 Å². The lowest BCUT2D eigenvalue weighted by atomic mass is 9.98. The van der Waals surface area contributed by atoms with Crippen molar-refractivity contribution in [1.82, 2.24) is 30.0 Å². The Labute approximate surface area is 164 Å². The number of phenols is 1. The largest absolute Gasteiger partial charge is 0.505 e. The molecule has 1 aliphatic rings. The summed E-state index contributed by atoms with van der Waals surface area (Å²) in [6, 6.07) is 4.62. The summed E-state index contributed by atoms with van der Waals surface area (Å²) in [5.41, 5.74) is 5.88. The van der Waals surface area contributed by atoms with Crippen LogP contribution in [0.3, 0.4) is 0 Å². The fourth-order valence-corrected chi connectivity index (χ4v) is 3.73. The standard InChI is InChI=1S/C20H17FN6O2/c1-2-10-4-17(29)13(21)5-12(10)11-3-14-18(22-6-11)19(26-25-14)20-23-15-7-27(9-28)8-16(15)24-20/h3-6,9,29H,2,7-8H2,1H3,(H,23,24)(H,25,26). The molecular formula is C20H17FN6O2. The molecule has 0 saturated carbocycles. The third-order valence-electron chi connectivity index (χ3n) is 5.22. The van der Waals surface area contributed by atoms with Gasteiger partial charge in [0, 0.05) is 11.8 Å². The third-order valence-corrected chi connectivity index (χ3v) is 5.22. The number of fused-ring (bicyclic) bond motifs is 2. The van der Waals surface area contributed by atoms with E-state index in [1.807, 2.05) is 13.0 Å². The van der Waals surface area contributed by atoms with Gasteiger partial charge in [-0.05, 0) is 35.7 Å². The molecule has 0 spiro atoms. The van der Waals surface area contributed by atoms with Crippen LogP contribution in [0.2, 0.25) is 0 Å². The van der Waals surface area contributed by atoms with Crippen LogP contribution in [-0.4, -0.2) is 41.6 Å². The molecule has 0 atom stereocenters. The van der Waals surface area contributed by atoms with Gasteiger partial charge in [0.05, 0.1) is 30.0 Å². The molecule has 0 radical (unpaired) electrons. The van der Waals surface area contributed by atoms with E-state index in [1.54, 1.807) is 11.1 Å². The Morgan fingerprint density at radius 2 is 2.17 bits per heavy atom. The van der Waals surface area contributed by atoms with Crippen molar-refractivity contribution >= 4 is 17.4 Å². The number of hydrogen-bond acceptors (Lipinski definition) is 5. The number of carbonyl (C=O) groups excluding carboxylic acids is 1. The molecule has 3 aromatic heterocycles. The highest BCUT2D eigenvalue weighted by molar-refractivity contribution is 5.90. The van der Waals surface area contributed by atoms with E-state index in [-0.39, 0.29) is 5.75 Å². The zero-order chi connectivity index (χ0) is 20.1. The second-order valence-corrected chi connectivity index (χ2v) is 7.03. The summed E-state index contributed by atoms with van der Waals surface area (Å²) < 4.78 is 13.9. The number of hydrogen-bond donors (Lipinski definition) is 3. The normalized spacial score (nSPS) is 13.2. The van der Waals surface area contributed by atoms with Crippen LogP contribution < -0.4 is 0 Å². The number of amides is 1. The first-order chi connectivity index (χ1) is 14.1. The molecule has 1 aromatic carbocycles. The SMILES string of the molecule is CCc1cc(O)c(F)cc1-c1cnc2c(-c3nc4c([nH]3)CN(C=O)C4)n[nH]c2c1. The molecule has 4 heterocycles. The van der Waals surface area contributed by atoms with Crippen LogP contribution in [0.1, 0.15) is 23.9 Å². The zero-order valence-corrected chi connectivity index (χ0v) is 15.5. The zero-order valence-electron chi connectivity index (χ0n) is 15.5. The van der Waals surface area contributed by atoms with E-state index in [2.05, 4.69) is 25.1 Å². The fraction of sp³-hybridized carbons (Fsp3) is 0.200. The fourth-order valence-electron chi connectivity index (χ4n) is 3.73. The van der Waals surface area contributed by atoms with Crippen LogP contribution in [0.15, 0.2) is 24.4 Å². The van der Waals surface area contributed by atoms with Crippen molar-refractivity contribution in [1.29, 1.82) is 0 Å². The molecule has 9 heteroatoms. The first kappa shape index (κ1) is 17.4. The number of halogens is 1. The van der Waals surface area contributed by atoms with Gasteiger partial charge in [0.15, 0.2) is 23.1 Å². The summed E-state index contributed by atoms with van der Waals surface area (Å²) in [5, 5.41) is 17.0. The van der Waals surface area contributed by atoms with Crippen molar-refractivity contribution in [2.45, 2.75) is 26.4 Å². The highest BCUT2D eigenvalue weighted by atomic mass is 19.1. The maximum Gasteiger partial charge on any atom is 0.210 e. The molecule has 146 valence electrons. The minimum atomic E-state index is -0.669. The predicted octanol–water partition coefficient (Wildman–Crippen LogP) is 2.89. The number of nitrogens with zero attached hydrogens (tertiary/aromatic N) is 4. The summed E-state index contributed by atoms with van der Waals surface area (Å²) >= 11 is 0. The Kier molecular flexibility index (Phi) is 3.83. The number of nitrogens with one attached hydrogen (secondary N) is 2. The Hall–Kier alpha value is -3.75. The van der Waals surface area contributed by atoms with Crippen molar-refractivity contribution in [3.63, 3.8) is 0 Å². The Morgan fingerprint density at radius 3 is 2.93 bits per heavy atom. The van der Waals surface area contributed by atoms with Gasteiger partial charge in [-0.1, -0.05) is 6.92 Å². The van der Waals surface area contributed by atoms with Crippen molar-refractivity contribution < 1.29 is 14.3 Å². The molecule has 3 N–H and O–H groups in total. The van der Waals surface area contributed by atoms with Crippen LogP contribution in [0.25, 0.3) is 33.7 Å². The Balaban J connectivity index is 1.55. The summed E-state index contributed by atoms with van der Waals surface area (Å²) in [5.74, 6) is -0.434. The topological polar surface area (TPSA) is 111 Å². The molecule has 8 nitrogen and oxygen atoms in total. The summed E-state index contributed by atoms with van der Waals surface area (Å²) in [4.78, 5) is 24.9. The van der Waals surface area contributed by atoms with Crippen molar-refractivity contribution in [3.8, 4) is 28.4 Å². The maximum absolute atomic E-state index is 13.9. The quantitative estimate of drug-likeness (QED) is 0.463. The number of H-pyrrole nitrogens is 2. The average molecular weight is 392 g/mol. The number of aromatic hydroxyl groups is 1.